The topological polar surface area (TPSA) is 42.1 Å². The SMILES string of the molecule is O=C(COc1cc(C(F)(F)F)cc(C(F)(F)F)c1)c1c[nH]c2ccccc12. The second-order valence-corrected chi connectivity index (χ2v) is 5.70. The van der Waals surface area contributed by atoms with Crippen molar-refractivity contribution < 1.29 is 35.9 Å². The first-order chi connectivity index (χ1) is 12.6. The van der Waals surface area contributed by atoms with E-state index in [-0.39, 0.29) is 11.6 Å². The highest BCUT2D eigenvalue weighted by Gasteiger charge is 2.37. The van der Waals surface area contributed by atoms with Gasteiger partial charge in [-0.25, -0.2) is 0 Å². The van der Waals surface area contributed by atoms with Crippen LogP contribution in [0.5, 0.6) is 5.75 Å². The molecule has 0 aliphatic carbocycles. The number of halogens is 6. The van der Waals surface area contributed by atoms with Gasteiger partial charge in [0.05, 0.1) is 11.1 Å². The lowest BCUT2D eigenvalue weighted by Crippen LogP contribution is -2.14. The molecule has 1 aromatic heterocycles. The summed E-state index contributed by atoms with van der Waals surface area (Å²) in [7, 11) is 0. The van der Waals surface area contributed by atoms with Crippen LogP contribution >= 0.6 is 0 Å². The predicted molar refractivity (Wildman–Crippen MR) is 84.6 cm³/mol. The van der Waals surface area contributed by atoms with Gasteiger partial charge in [0, 0.05) is 22.7 Å². The van der Waals surface area contributed by atoms with Crippen LogP contribution in [0, 0.1) is 0 Å². The van der Waals surface area contributed by atoms with Gasteiger partial charge < -0.3 is 9.72 Å². The van der Waals surface area contributed by atoms with Crippen molar-refractivity contribution in [3.63, 3.8) is 0 Å². The van der Waals surface area contributed by atoms with Crippen LogP contribution in [0.2, 0.25) is 0 Å². The number of alkyl halides is 6. The second kappa shape index (κ2) is 6.64. The maximum Gasteiger partial charge on any atom is 0.416 e. The van der Waals surface area contributed by atoms with E-state index in [9.17, 15) is 31.1 Å². The molecule has 0 saturated heterocycles. The Morgan fingerprint density at radius 2 is 1.52 bits per heavy atom. The third-order valence-corrected chi connectivity index (χ3v) is 3.82. The lowest BCUT2D eigenvalue weighted by Gasteiger charge is -2.14. The van der Waals surface area contributed by atoms with E-state index in [1.165, 1.54) is 6.20 Å². The van der Waals surface area contributed by atoms with Gasteiger partial charge in [0.1, 0.15) is 5.75 Å². The molecule has 2 aromatic carbocycles. The molecule has 0 spiro atoms. The van der Waals surface area contributed by atoms with Gasteiger partial charge in [0.2, 0.25) is 5.78 Å². The van der Waals surface area contributed by atoms with Crippen LogP contribution in [0.1, 0.15) is 21.5 Å². The maximum absolute atomic E-state index is 12.8. The summed E-state index contributed by atoms with van der Waals surface area (Å²) in [6.07, 6.45) is -8.57. The molecule has 0 unspecified atom stereocenters. The molecule has 3 rings (SSSR count). The number of nitrogens with one attached hydrogen (secondary N) is 1. The van der Waals surface area contributed by atoms with Crippen molar-refractivity contribution in [1.82, 2.24) is 4.98 Å². The van der Waals surface area contributed by atoms with Crippen LogP contribution in [0.25, 0.3) is 10.9 Å². The van der Waals surface area contributed by atoms with Gasteiger partial charge in [-0.2, -0.15) is 26.3 Å². The Morgan fingerprint density at radius 3 is 2.11 bits per heavy atom. The number of H-pyrrole nitrogens is 1. The molecule has 27 heavy (non-hydrogen) atoms. The number of para-hydroxylation sites is 1. The van der Waals surface area contributed by atoms with E-state index in [4.69, 9.17) is 4.74 Å². The zero-order valence-corrected chi connectivity index (χ0v) is 13.4. The number of aromatic amines is 1. The number of Topliss-reactive ketones (excluding diaryl/α,β-unsaturated/α-hetero) is 1. The number of rotatable bonds is 4. The molecule has 142 valence electrons. The van der Waals surface area contributed by atoms with Crippen LogP contribution in [0.3, 0.4) is 0 Å². The number of carbonyl (C=O) groups excluding carboxylic acids is 1. The Balaban J connectivity index is 1.86. The first-order valence-electron chi connectivity index (χ1n) is 7.57. The summed E-state index contributed by atoms with van der Waals surface area (Å²) in [6.45, 7) is -0.708. The smallest absolute Gasteiger partial charge is 0.416 e. The number of carbonyl (C=O) groups is 1. The number of hydrogen-bond acceptors (Lipinski definition) is 2. The fraction of sp³-hybridized carbons (Fsp3) is 0.167. The molecular weight excluding hydrogens is 376 g/mol. The van der Waals surface area contributed by atoms with Crippen molar-refractivity contribution in [2.75, 3.05) is 6.61 Å². The van der Waals surface area contributed by atoms with Crippen molar-refractivity contribution in [2.24, 2.45) is 0 Å². The van der Waals surface area contributed by atoms with Crippen molar-refractivity contribution in [3.8, 4) is 5.75 Å². The summed E-state index contributed by atoms with van der Waals surface area (Å²) in [6, 6.07) is 7.66. The summed E-state index contributed by atoms with van der Waals surface area (Å²) in [4.78, 5) is 15.1. The molecule has 0 fully saturated rings. The summed E-state index contributed by atoms with van der Waals surface area (Å²) in [5.41, 5.74) is -2.12. The van der Waals surface area contributed by atoms with Gasteiger partial charge >= 0.3 is 12.4 Å². The Morgan fingerprint density at radius 1 is 0.926 bits per heavy atom. The second-order valence-electron chi connectivity index (χ2n) is 5.70. The van der Waals surface area contributed by atoms with Crippen molar-refractivity contribution in [1.29, 1.82) is 0 Å². The highest BCUT2D eigenvalue weighted by molar-refractivity contribution is 6.08. The molecule has 3 nitrogen and oxygen atoms in total. The van der Waals surface area contributed by atoms with Crippen molar-refractivity contribution in [2.45, 2.75) is 12.4 Å². The summed E-state index contributed by atoms with van der Waals surface area (Å²) in [5.74, 6) is -1.27. The van der Waals surface area contributed by atoms with Crippen molar-refractivity contribution in [3.05, 3.63) is 65.4 Å². The van der Waals surface area contributed by atoms with E-state index >= 15 is 0 Å². The lowest BCUT2D eigenvalue weighted by atomic mass is 10.1. The van der Waals surface area contributed by atoms with Crippen LogP contribution in [0.15, 0.2) is 48.7 Å². The number of fused-ring (bicyclic) bond motifs is 1. The Hall–Kier alpha value is -2.97. The van der Waals surface area contributed by atoms with Crippen LogP contribution < -0.4 is 4.74 Å². The lowest BCUT2D eigenvalue weighted by molar-refractivity contribution is -0.143. The average molecular weight is 387 g/mol. The zero-order valence-electron chi connectivity index (χ0n) is 13.4. The Kier molecular flexibility index (Phi) is 4.63. The molecule has 0 bridgehead atoms. The third-order valence-electron chi connectivity index (χ3n) is 3.82. The molecule has 0 atom stereocenters. The van der Waals surface area contributed by atoms with E-state index in [2.05, 4.69) is 4.98 Å². The first-order valence-corrected chi connectivity index (χ1v) is 7.57. The van der Waals surface area contributed by atoms with Gasteiger partial charge in [-0.1, -0.05) is 18.2 Å². The van der Waals surface area contributed by atoms with Gasteiger partial charge in [0.25, 0.3) is 0 Å². The Bertz CT molecular complexity index is 955. The molecule has 3 aromatic rings. The first kappa shape index (κ1) is 18.8. The molecule has 9 heteroatoms. The molecular formula is C18H11F6NO2. The largest absolute Gasteiger partial charge is 0.485 e. The van der Waals surface area contributed by atoms with E-state index < -0.39 is 41.6 Å². The van der Waals surface area contributed by atoms with Gasteiger partial charge in [0.15, 0.2) is 6.61 Å². The van der Waals surface area contributed by atoms with Gasteiger partial charge in [-0.15, -0.1) is 0 Å². The molecule has 0 radical (unpaired) electrons. The average Bonchev–Trinajstić information content (AvgIpc) is 3.02. The minimum Gasteiger partial charge on any atom is -0.485 e. The van der Waals surface area contributed by atoms with Crippen molar-refractivity contribution >= 4 is 16.7 Å². The molecule has 1 heterocycles. The van der Waals surface area contributed by atoms with Crippen LogP contribution in [0.4, 0.5) is 26.3 Å². The number of aromatic nitrogens is 1. The number of ether oxygens (including phenoxy) is 1. The highest BCUT2D eigenvalue weighted by atomic mass is 19.4. The third kappa shape index (κ3) is 4.07. The normalized spacial score (nSPS) is 12.4. The predicted octanol–water partition coefficient (Wildman–Crippen LogP) is 5.47. The Labute approximate surface area is 148 Å². The van der Waals surface area contributed by atoms with Crippen LogP contribution in [-0.4, -0.2) is 17.4 Å². The summed E-state index contributed by atoms with van der Waals surface area (Å²) < 4.78 is 82.0. The number of benzene rings is 2. The minimum atomic E-state index is -4.99. The highest BCUT2D eigenvalue weighted by Crippen LogP contribution is 2.38. The standard InChI is InChI=1S/C18H11F6NO2/c19-17(20,21)10-5-11(18(22,23)24)7-12(6-10)27-9-16(26)14-8-25-15-4-2-1-3-13(14)15/h1-8,25H,9H2. The van der Waals surface area contributed by atoms with E-state index in [1.807, 2.05) is 0 Å². The monoisotopic (exact) mass is 387 g/mol. The molecule has 0 aliphatic rings. The van der Waals surface area contributed by atoms with E-state index in [1.54, 1.807) is 24.3 Å². The molecule has 0 aliphatic heterocycles. The van der Waals surface area contributed by atoms with E-state index in [0.29, 0.717) is 23.0 Å². The molecule has 0 saturated carbocycles. The fourth-order valence-corrected chi connectivity index (χ4v) is 2.54. The van der Waals surface area contributed by atoms with Gasteiger partial charge in [-0.05, 0) is 24.3 Å². The van der Waals surface area contributed by atoms with E-state index in [0.717, 1.165) is 0 Å². The summed E-state index contributed by atoms with van der Waals surface area (Å²) in [5, 5.41) is 0.575. The van der Waals surface area contributed by atoms with Crippen LogP contribution in [-0.2, 0) is 12.4 Å². The fourth-order valence-electron chi connectivity index (χ4n) is 2.54. The summed E-state index contributed by atoms with van der Waals surface area (Å²) >= 11 is 0. The quantitative estimate of drug-likeness (QED) is 0.477. The maximum atomic E-state index is 12.8. The van der Waals surface area contributed by atoms with Gasteiger partial charge in [-0.3, -0.25) is 4.79 Å². The number of ketones is 1. The minimum absolute atomic E-state index is 0.00561. The number of hydrogen-bond donors (Lipinski definition) is 1. The molecule has 0 amide bonds. The zero-order chi connectivity index (χ0) is 19.8. The molecule has 1 N–H and O–H groups in total.